The van der Waals surface area contributed by atoms with Crippen LogP contribution in [0.25, 0.3) is 16.2 Å². The summed E-state index contributed by atoms with van der Waals surface area (Å²) in [5, 5.41) is 8.63. The predicted octanol–water partition coefficient (Wildman–Crippen LogP) is 5.01. The van der Waals surface area contributed by atoms with E-state index >= 15 is 0 Å². The average Bonchev–Trinajstić information content (AvgIpc) is 3.46. The molecule has 0 bridgehead atoms. The zero-order chi connectivity index (χ0) is 28.7. The molecule has 2 fully saturated rings. The lowest BCUT2D eigenvalue weighted by Crippen LogP contribution is -2.52. The molecule has 12 heteroatoms. The van der Waals surface area contributed by atoms with Crippen molar-refractivity contribution in [3.05, 3.63) is 64.1 Å². The molecule has 3 N–H and O–H groups in total. The average molecular weight is 591 g/mol. The van der Waals surface area contributed by atoms with Gasteiger partial charge in [0.25, 0.3) is 17.1 Å². The first-order valence-electron chi connectivity index (χ1n) is 13.2. The van der Waals surface area contributed by atoms with Crippen molar-refractivity contribution in [2.75, 3.05) is 25.0 Å². The number of Topliss-reactive ketones (excluding diaryl/α,β-unsaturated/α-hetero) is 1. The molecule has 4 heterocycles. The molecule has 41 heavy (non-hydrogen) atoms. The van der Waals surface area contributed by atoms with Crippen LogP contribution in [-0.4, -0.2) is 59.0 Å². The number of amides is 5. The van der Waals surface area contributed by atoms with Gasteiger partial charge in [0.2, 0.25) is 0 Å². The Morgan fingerprint density at radius 1 is 1.12 bits per heavy atom. The van der Waals surface area contributed by atoms with Crippen molar-refractivity contribution in [3.8, 4) is 5.75 Å². The summed E-state index contributed by atoms with van der Waals surface area (Å²) >= 11 is 2.18. The van der Waals surface area contributed by atoms with Crippen molar-refractivity contribution in [2.45, 2.75) is 31.8 Å². The number of likely N-dealkylation sites (tertiary alicyclic amines) is 1. The minimum Gasteiger partial charge on any atom is -0.486 e. The number of piperidine rings is 1. The van der Waals surface area contributed by atoms with Gasteiger partial charge in [0, 0.05) is 42.6 Å². The Hall–Kier alpha value is -4.16. The molecule has 210 valence electrons. The molecule has 0 atom stereocenters. The van der Waals surface area contributed by atoms with E-state index in [1.54, 1.807) is 29.2 Å². The summed E-state index contributed by atoms with van der Waals surface area (Å²) in [5.74, 6) is -0.220. The van der Waals surface area contributed by atoms with Gasteiger partial charge < -0.3 is 15.0 Å². The summed E-state index contributed by atoms with van der Waals surface area (Å²) in [6.07, 6.45) is 2.73. The van der Waals surface area contributed by atoms with Gasteiger partial charge in [-0.2, -0.15) is 0 Å². The van der Waals surface area contributed by atoms with Gasteiger partial charge in [-0.15, -0.1) is 11.3 Å². The second-order valence-electron chi connectivity index (χ2n) is 10.1. The quantitative estimate of drug-likeness (QED) is 0.364. The third-order valence-electron chi connectivity index (χ3n) is 7.39. The van der Waals surface area contributed by atoms with E-state index in [2.05, 4.69) is 16.0 Å². The van der Waals surface area contributed by atoms with Crippen LogP contribution in [0.15, 0.2) is 47.4 Å². The van der Waals surface area contributed by atoms with Gasteiger partial charge in [0.15, 0.2) is 5.78 Å². The van der Waals surface area contributed by atoms with Crippen LogP contribution in [0, 0.1) is 0 Å². The molecule has 0 unspecified atom stereocenters. The smallest absolute Gasteiger partial charge is 0.319 e. The first-order valence-corrected chi connectivity index (χ1v) is 14.9. The van der Waals surface area contributed by atoms with Gasteiger partial charge >= 0.3 is 6.03 Å². The summed E-state index contributed by atoms with van der Waals surface area (Å²) < 4.78 is 7.31. The van der Waals surface area contributed by atoms with Gasteiger partial charge in [-0.1, -0.05) is 24.3 Å². The third-order valence-corrected chi connectivity index (χ3v) is 9.29. The number of hydrogen-bond acceptors (Lipinski definition) is 8. The highest BCUT2D eigenvalue weighted by Crippen LogP contribution is 2.42. The molecule has 0 radical (unpaired) electrons. The van der Waals surface area contributed by atoms with E-state index in [4.69, 9.17) is 4.74 Å². The maximum Gasteiger partial charge on any atom is 0.319 e. The Labute approximate surface area is 243 Å². The van der Waals surface area contributed by atoms with E-state index in [-0.39, 0.29) is 29.0 Å². The number of imide groups is 1. The summed E-state index contributed by atoms with van der Waals surface area (Å²) in [6.45, 7) is 3.09. The van der Waals surface area contributed by atoms with Gasteiger partial charge in [-0.05, 0) is 48.5 Å². The second kappa shape index (κ2) is 10.7. The Kier molecular flexibility index (Phi) is 7.04. The molecular formula is C29H26N4O6S2. The van der Waals surface area contributed by atoms with Crippen LogP contribution in [0.2, 0.25) is 0 Å². The van der Waals surface area contributed by atoms with Crippen molar-refractivity contribution < 1.29 is 28.7 Å². The van der Waals surface area contributed by atoms with Crippen molar-refractivity contribution >= 4 is 73.1 Å². The number of ketones is 1. The van der Waals surface area contributed by atoms with E-state index in [9.17, 15) is 24.0 Å². The minimum absolute atomic E-state index is 0.0665. The fourth-order valence-electron chi connectivity index (χ4n) is 5.38. The first-order chi connectivity index (χ1) is 19.7. The molecule has 0 saturated carbocycles. The number of thioether (sulfide) groups is 1. The molecule has 3 aliphatic rings. The summed E-state index contributed by atoms with van der Waals surface area (Å²) in [7, 11) is 0. The predicted molar refractivity (Wildman–Crippen MR) is 158 cm³/mol. The number of urea groups is 1. The van der Waals surface area contributed by atoms with E-state index < -0.39 is 16.7 Å². The van der Waals surface area contributed by atoms with Crippen LogP contribution in [0.3, 0.4) is 0 Å². The van der Waals surface area contributed by atoms with Gasteiger partial charge in [0.05, 0.1) is 22.5 Å². The normalized spacial score (nSPS) is 18.8. The zero-order valence-corrected chi connectivity index (χ0v) is 23.7. The van der Waals surface area contributed by atoms with Crippen molar-refractivity contribution in [3.63, 3.8) is 0 Å². The molecule has 6 rings (SSSR count). The number of nitrogens with zero attached hydrogens (tertiary/aromatic N) is 1. The number of thiophene rings is 1. The lowest BCUT2D eigenvalue weighted by atomic mass is 9.82. The van der Waals surface area contributed by atoms with Gasteiger partial charge in [-0.3, -0.25) is 29.8 Å². The fraction of sp³-hybridized carbons (Fsp3) is 0.276. The molecule has 2 aromatic carbocycles. The number of carbonyl (C=O) groups excluding carboxylic acids is 5. The van der Waals surface area contributed by atoms with E-state index in [0.29, 0.717) is 59.9 Å². The van der Waals surface area contributed by atoms with Crippen LogP contribution < -0.4 is 20.7 Å². The molecule has 3 aliphatic heterocycles. The molecule has 3 aromatic rings. The maximum atomic E-state index is 13.8. The number of benzene rings is 2. The molecule has 1 spiro atoms. The minimum atomic E-state index is -0.715. The number of fused-ring (bicyclic) bond motifs is 2. The van der Waals surface area contributed by atoms with E-state index in [1.807, 2.05) is 31.2 Å². The Bertz CT molecular complexity index is 1650. The number of anilines is 1. The Morgan fingerprint density at radius 2 is 1.90 bits per heavy atom. The molecule has 1 aromatic heterocycles. The molecule has 10 nitrogen and oxygen atoms in total. The number of carbonyl (C=O) groups is 5. The summed E-state index contributed by atoms with van der Waals surface area (Å²) in [6, 6.07) is 12.4. The lowest BCUT2D eigenvalue weighted by molar-refractivity contribution is -0.115. The monoisotopic (exact) mass is 590 g/mol. The highest BCUT2D eigenvalue weighted by molar-refractivity contribution is 8.18. The van der Waals surface area contributed by atoms with Crippen molar-refractivity contribution in [2.24, 2.45) is 0 Å². The van der Waals surface area contributed by atoms with E-state index in [1.165, 1.54) is 11.3 Å². The summed E-state index contributed by atoms with van der Waals surface area (Å²) in [5.41, 5.74) is 0.817. The number of hydrogen-bond donors (Lipinski definition) is 3. The number of rotatable bonds is 4. The van der Waals surface area contributed by atoms with Crippen LogP contribution >= 0.6 is 23.1 Å². The highest BCUT2D eigenvalue weighted by Gasteiger charge is 2.44. The Balaban J connectivity index is 1.19. The fourth-order valence-corrected chi connectivity index (χ4v) is 7.15. The third kappa shape index (κ3) is 5.20. The van der Waals surface area contributed by atoms with Crippen LogP contribution in [0.4, 0.5) is 14.6 Å². The maximum absolute atomic E-state index is 13.8. The topological polar surface area (TPSA) is 134 Å². The second-order valence-corrected chi connectivity index (χ2v) is 12.1. The van der Waals surface area contributed by atoms with Gasteiger partial charge in [-0.25, -0.2) is 4.79 Å². The van der Waals surface area contributed by atoms with E-state index in [0.717, 1.165) is 21.8 Å². The summed E-state index contributed by atoms with van der Waals surface area (Å²) in [4.78, 5) is 64.7. The lowest BCUT2D eigenvalue weighted by Gasteiger charge is -2.44. The molecule has 0 aliphatic carbocycles. The highest BCUT2D eigenvalue weighted by atomic mass is 32.2. The molecular weight excluding hydrogens is 564 g/mol. The van der Waals surface area contributed by atoms with Gasteiger partial charge in [0.1, 0.15) is 16.4 Å². The zero-order valence-electron chi connectivity index (χ0n) is 22.1. The largest absolute Gasteiger partial charge is 0.486 e. The van der Waals surface area contributed by atoms with Crippen LogP contribution in [0.1, 0.15) is 52.5 Å². The van der Waals surface area contributed by atoms with Crippen molar-refractivity contribution in [1.82, 2.24) is 15.5 Å². The van der Waals surface area contributed by atoms with Crippen molar-refractivity contribution in [1.29, 1.82) is 0 Å². The first kappa shape index (κ1) is 27.0. The molecule has 5 amide bonds. The number of nitrogens with one attached hydrogen (secondary N) is 3. The Morgan fingerprint density at radius 3 is 2.63 bits per heavy atom. The van der Waals surface area contributed by atoms with Crippen LogP contribution in [0.5, 0.6) is 5.75 Å². The van der Waals surface area contributed by atoms with Crippen LogP contribution in [-0.2, 0) is 4.79 Å². The SMILES string of the molecule is CCNC(=O)Nc1sc2ccccc2c1C(=O)N1CCC2(CC1)CC(=O)c1cc(/C=C3/SC(=O)NC3=O)ccc1O2. The standard InChI is InChI=1S/C29H26N4O6S2/c1-2-30-27(37)32-25-23(17-5-3-4-6-21(17)40-25)26(36)33-11-9-29(10-12-33)15-19(34)18-13-16(7-8-20(18)39-29)14-22-24(35)31-28(38)41-22/h3-8,13-14H,2,9-12,15H2,1H3,(H2,30,32,37)(H,31,35,38)/b22-14+. The molecule has 2 saturated heterocycles. The number of ether oxygens (including phenoxy) is 1.